The second kappa shape index (κ2) is 5.73. The summed E-state index contributed by atoms with van der Waals surface area (Å²) in [7, 11) is 1.57. The summed E-state index contributed by atoms with van der Waals surface area (Å²) in [5, 5.41) is 13.3. The summed E-state index contributed by atoms with van der Waals surface area (Å²) in [5.41, 5.74) is 3.18. The minimum atomic E-state index is -0.852. The van der Waals surface area contributed by atoms with Crippen molar-refractivity contribution in [3.8, 4) is 5.88 Å². The monoisotopic (exact) mass is 275 g/mol. The zero-order chi connectivity index (χ0) is 14.7. The number of aliphatic carboxylic acids is 1. The Bertz CT molecular complexity index is 635. The third-order valence-electron chi connectivity index (χ3n) is 3.16. The second-order valence-electron chi connectivity index (χ2n) is 4.55. The number of ether oxygens (including phenoxy) is 1. The van der Waals surface area contributed by atoms with Crippen LogP contribution in [0.25, 0.3) is 0 Å². The van der Waals surface area contributed by atoms with Gasteiger partial charge in [-0.25, -0.2) is 4.98 Å². The number of carbonyl (C=O) groups is 1. The molecule has 0 bridgehead atoms. The maximum atomic E-state index is 10.9. The van der Waals surface area contributed by atoms with Crippen LogP contribution in [0.2, 0.25) is 0 Å². The van der Waals surface area contributed by atoms with Crippen LogP contribution in [0.3, 0.4) is 0 Å². The molecule has 6 nitrogen and oxygen atoms in total. The van der Waals surface area contributed by atoms with E-state index in [0.717, 1.165) is 22.6 Å². The summed E-state index contributed by atoms with van der Waals surface area (Å²) < 4.78 is 6.86. The molecule has 0 aliphatic carbocycles. The van der Waals surface area contributed by atoms with Crippen molar-refractivity contribution in [1.29, 1.82) is 0 Å². The van der Waals surface area contributed by atoms with Crippen LogP contribution < -0.4 is 4.74 Å². The van der Waals surface area contributed by atoms with Gasteiger partial charge in [-0.05, 0) is 19.9 Å². The van der Waals surface area contributed by atoms with E-state index in [-0.39, 0.29) is 6.42 Å². The molecule has 106 valence electrons. The van der Waals surface area contributed by atoms with Crippen molar-refractivity contribution in [2.24, 2.45) is 0 Å². The van der Waals surface area contributed by atoms with Crippen molar-refractivity contribution in [3.63, 3.8) is 0 Å². The molecule has 0 aliphatic heterocycles. The van der Waals surface area contributed by atoms with Crippen molar-refractivity contribution in [1.82, 2.24) is 14.8 Å². The van der Waals surface area contributed by atoms with Gasteiger partial charge in [0.1, 0.15) is 0 Å². The number of carboxylic acid groups (broad SMARTS) is 1. The molecule has 0 radical (unpaired) electrons. The van der Waals surface area contributed by atoms with Crippen LogP contribution >= 0.6 is 0 Å². The zero-order valence-corrected chi connectivity index (χ0v) is 11.8. The van der Waals surface area contributed by atoms with Crippen molar-refractivity contribution < 1.29 is 14.6 Å². The highest BCUT2D eigenvalue weighted by Crippen LogP contribution is 2.16. The molecule has 0 saturated heterocycles. The Labute approximate surface area is 117 Å². The second-order valence-corrected chi connectivity index (χ2v) is 4.55. The lowest BCUT2D eigenvalue weighted by atomic mass is 10.1. The van der Waals surface area contributed by atoms with Crippen molar-refractivity contribution >= 4 is 5.97 Å². The largest absolute Gasteiger partial charge is 0.481 e. The van der Waals surface area contributed by atoms with Crippen LogP contribution in [0.4, 0.5) is 0 Å². The van der Waals surface area contributed by atoms with E-state index in [2.05, 4.69) is 10.1 Å². The van der Waals surface area contributed by atoms with E-state index < -0.39 is 5.97 Å². The molecule has 0 amide bonds. The van der Waals surface area contributed by atoms with E-state index in [1.807, 2.05) is 26.0 Å². The number of nitrogens with zero attached hydrogens (tertiary/aromatic N) is 3. The predicted molar refractivity (Wildman–Crippen MR) is 72.9 cm³/mol. The molecule has 0 saturated carbocycles. The van der Waals surface area contributed by atoms with Gasteiger partial charge in [-0.2, -0.15) is 5.10 Å². The first kappa shape index (κ1) is 14.0. The van der Waals surface area contributed by atoms with Gasteiger partial charge in [-0.15, -0.1) is 0 Å². The summed E-state index contributed by atoms with van der Waals surface area (Å²) in [6.45, 7) is 4.18. The van der Waals surface area contributed by atoms with E-state index in [1.165, 1.54) is 0 Å². The van der Waals surface area contributed by atoms with Crippen molar-refractivity contribution in [2.75, 3.05) is 7.11 Å². The minimum Gasteiger partial charge on any atom is -0.481 e. The van der Waals surface area contributed by atoms with Gasteiger partial charge in [0.05, 0.1) is 31.5 Å². The van der Waals surface area contributed by atoms with E-state index >= 15 is 0 Å². The van der Waals surface area contributed by atoms with E-state index in [9.17, 15) is 4.79 Å². The van der Waals surface area contributed by atoms with Crippen molar-refractivity contribution in [3.05, 3.63) is 40.8 Å². The van der Waals surface area contributed by atoms with Crippen LogP contribution in [0.1, 0.15) is 22.6 Å². The molecule has 2 aromatic rings. The third-order valence-corrected chi connectivity index (χ3v) is 3.16. The highest BCUT2D eigenvalue weighted by molar-refractivity contribution is 5.70. The molecule has 0 fully saturated rings. The predicted octanol–water partition coefficient (Wildman–Crippen LogP) is 1.58. The first-order valence-electron chi connectivity index (χ1n) is 6.26. The lowest BCUT2D eigenvalue weighted by Gasteiger charge is -2.06. The Morgan fingerprint density at radius 1 is 1.40 bits per heavy atom. The topological polar surface area (TPSA) is 77.2 Å². The van der Waals surface area contributed by atoms with Crippen LogP contribution in [-0.4, -0.2) is 33.0 Å². The first-order chi connectivity index (χ1) is 9.51. The molecule has 6 heteroatoms. The van der Waals surface area contributed by atoms with Gasteiger partial charge >= 0.3 is 5.97 Å². The highest BCUT2D eigenvalue weighted by atomic mass is 16.5. The Balaban J connectivity index is 2.27. The Kier molecular flexibility index (Phi) is 4.02. The lowest BCUT2D eigenvalue weighted by Crippen LogP contribution is -2.07. The van der Waals surface area contributed by atoms with Crippen LogP contribution in [-0.2, 0) is 17.8 Å². The number of methoxy groups -OCH3 is 1. The summed E-state index contributed by atoms with van der Waals surface area (Å²) in [4.78, 5) is 15.2. The molecule has 20 heavy (non-hydrogen) atoms. The van der Waals surface area contributed by atoms with Crippen LogP contribution in [0.5, 0.6) is 5.88 Å². The molecule has 2 heterocycles. The Morgan fingerprint density at radius 3 is 2.80 bits per heavy atom. The summed E-state index contributed by atoms with van der Waals surface area (Å²) in [6, 6.07) is 5.53. The molecule has 0 atom stereocenters. The Hall–Kier alpha value is -2.37. The SMILES string of the molecule is COc1cccc(Cn2nc(C)c(CC(=O)O)c2C)n1. The van der Waals surface area contributed by atoms with Gasteiger partial charge in [0.15, 0.2) is 0 Å². The maximum absolute atomic E-state index is 10.9. The fourth-order valence-corrected chi connectivity index (χ4v) is 2.11. The van der Waals surface area contributed by atoms with Crippen LogP contribution in [0.15, 0.2) is 18.2 Å². The van der Waals surface area contributed by atoms with Crippen LogP contribution in [0, 0.1) is 13.8 Å². The first-order valence-corrected chi connectivity index (χ1v) is 6.26. The molecule has 0 spiro atoms. The van der Waals surface area contributed by atoms with Gasteiger partial charge in [-0.1, -0.05) is 6.07 Å². The number of aryl methyl sites for hydroxylation is 1. The highest BCUT2D eigenvalue weighted by Gasteiger charge is 2.14. The summed E-state index contributed by atoms with van der Waals surface area (Å²) in [6.07, 6.45) is -0.0107. The van der Waals surface area contributed by atoms with Gasteiger partial charge in [0.2, 0.25) is 5.88 Å². The average Bonchev–Trinajstić information content (AvgIpc) is 2.66. The molecular formula is C14H17N3O3. The van der Waals surface area contributed by atoms with Gasteiger partial charge in [0, 0.05) is 17.3 Å². The fourth-order valence-electron chi connectivity index (χ4n) is 2.11. The van der Waals surface area contributed by atoms with Gasteiger partial charge < -0.3 is 9.84 Å². The summed E-state index contributed by atoms with van der Waals surface area (Å²) in [5.74, 6) is -0.301. The fraction of sp³-hybridized carbons (Fsp3) is 0.357. The average molecular weight is 275 g/mol. The Morgan fingerprint density at radius 2 is 2.15 bits per heavy atom. The number of hydrogen-bond donors (Lipinski definition) is 1. The van der Waals surface area contributed by atoms with Gasteiger partial charge in [-0.3, -0.25) is 9.48 Å². The number of aromatic nitrogens is 3. The molecule has 2 aromatic heterocycles. The zero-order valence-electron chi connectivity index (χ0n) is 11.8. The normalized spacial score (nSPS) is 10.6. The quantitative estimate of drug-likeness (QED) is 0.896. The maximum Gasteiger partial charge on any atom is 0.307 e. The molecule has 0 aromatic carbocycles. The molecule has 0 unspecified atom stereocenters. The molecule has 2 rings (SSSR count). The molecular weight excluding hydrogens is 258 g/mol. The number of carboxylic acids is 1. The molecule has 1 N–H and O–H groups in total. The lowest BCUT2D eigenvalue weighted by molar-refractivity contribution is -0.136. The van der Waals surface area contributed by atoms with Crippen molar-refractivity contribution in [2.45, 2.75) is 26.8 Å². The van der Waals surface area contributed by atoms with E-state index in [1.54, 1.807) is 17.9 Å². The smallest absolute Gasteiger partial charge is 0.307 e. The standard InChI is InChI=1S/C14H17N3O3/c1-9-12(7-14(18)19)10(2)17(16-9)8-11-5-4-6-13(15-11)20-3/h4-6H,7-8H2,1-3H3,(H,18,19). The third kappa shape index (κ3) is 2.96. The minimum absolute atomic E-state index is 0.0107. The number of hydrogen-bond acceptors (Lipinski definition) is 4. The summed E-state index contributed by atoms with van der Waals surface area (Å²) >= 11 is 0. The van der Waals surface area contributed by atoms with Gasteiger partial charge in [0.25, 0.3) is 0 Å². The molecule has 0 aliphatic rings. The van der Waals surface area contributed by atoms with E-state index in [4.69, 9.17) is 9.84 Å². The number of pyridine rings is 1. The number of rotatable bonds is 5. The van der Waals surface area contributed by atoms with E-state index in [0.29, 0.717) is 12.4 Å².